The predicted octanol–water partition coefficient (Wildman–Crippen LogP) is 4.67. The molecule has 0 amide bonds. The SMILES string of the molecule is N#Cc1cc(N2CCCCC2)ccc1N1C=CSC1c1ccncc1. The number of hydrogen-bond acceptors (Lipinski definition) is 5. The van der Waals surface area contributed by atoms with Crippen molar-refractivity contribution in [3.05, 3.63) is 65.5 Å². The fourth-order valence-corrected chi connectivity index (χ4v) is 4.46. The minimum absolute atomic E-state index is 0.149. The van der Waals surface area contributed by atoms with Crippen LogP contribution in [0.5, 0.6) is 0 Å². The molecule has 1 saturated heterocycles. The van der Waals surface area contributed by atoms with Crippen molar-refractivity contribution in [2.45, 2.75) is 24.6 Å². The number of anilines is 2. The standard InChI is InChI=1S/C20H20N4S/c21-15-17-14-18(23-10-2-1-3-11-23)4-5-19(17)24-12-13-25-20(24)16-6-8-22-9-7-16/h4-9,12-14,20H,1-3,10-11H2. The number of aromatic nitrogens is 1. The summed E-state index contributed by atoms with van der Waals surface area (Å²) in [6, 6.07) is 12.8. The number of hydrogen-bond donors (Lipinski definition) is 0. The highest BCUT2D eigenvalue weighted by Crippen LogP contribution is 2.43. The van der Waals surface area contributed by atoms with E-state index in [-0.39, 0.29) is 5.37 Å². The van der Waals surface area contributed by atoms with Gasteiger partial charge >= 0.3 is 0 Å². The van der Waals surface area contributed by atoms with Crippen LogP contribution in [0.3, 0.4) is 0 Å². The molecule has 4 rings (SSSR count). The zero-order valence-electron chi connectivity index (χ0n) is 14.0. The van der Waals surface area contributed by atoms with Crippen molar-refractivity contribution in [2.75, 3.05) is 22.9 Å². The van der Waals surface area contributed by atoms with E-state index < -0.39 is 0 Å². The molecule has 0 bridgehead atoms. The van der Waals surface area contributed by atoms with E-state index in [1.165, 1.54) is 24.8 Å². The summed E-state index contributed by atoms with van der Waals surface area (Å²) in [6.45, 7) is 2.17. The molecule has 2 aliphatic rings. The van der Waals surface area contributed by atoms with Gasteiger partial charge < -0.3 is 9.80 Å². The van der Waals surface area contributed by atoms with Gasteiger partial charge in [0.2, 0.25) is 0 Å². The number of nitrogens with zero attached hydrogens (tertiary/aromatic N) is 4. The lowest BCUT2D eigenvalue weighted by Crippen LogP contribution is -2.29. The lowest BCUT2D eigenvalue weighted by Gasteiger charge is -2.30. The highest BCUT2D eigenvalue weighted by molar-refractivity contribution is 8.02. The molecule has 0 aliphatic carbocycles. The second-order valence-corrected chi connectivity index (χ2v) is 7.31. The molecule has 0 N–H and O–H groups in total. The van der Waals surface area contributed by atoms with E-state index in [9.17, 15) is 5.26 Å². The zero-order chi connectivity index (χ0) is 17.1. The Balaban J connectivity index is 1.65. The number of nitriles is 1. The van der Waals surface area contributed by atoms with Crippen molar-refractivity contribution in [3.8, 4) is 6.07 Å². The molecule has 0 radical (unpaired) electrons. The highest BCUT2D eigenvalue weighted by Gasteiger charge is 2.25. The van der Waals surface area contributed by atoms with Crippen LogP contribution < -0.4 is 9.80 Å². The average molecular weight is 348 g/mol. The molecule has 1 aromatic heterocycles. The summed E-state index contributed by atoms with van der Waals surface area (Å²) >= 11 is 1.75. The van der Waals surface area contributed by atoms with E-state index in [1.807, 2.05) is 30.6 Å². The molecule has 126 valence electrons. The van der Waals surface area contributed by atoms with E-state index in [0.717, 1.165) is 30.0 Å². The Morgan fingerprint density at radius 2 is 1.88 bits per heavy atom. The third kappa shape index (κ3) is 3.22. The molecule has 1 fully saturated rings. The maximum Gasteiger partial charge on any atom is 0.109 e. The van der Waals surface area contributed by atoms with Crippen LogP contribution in [-0.4, -0.2) is 18.1 Å². The molecule has 1 atom stereocenters. The van der Waals surface area contributed by atoms with E-state index in [0.29, 0.717) is 0 Å². The maximum absolute atomic E-state index is 9.72. The van der Waals surface area contributed by atoms with Crippen LogP contribution in [0.25, 0.3) is 0 Å². The molecule has 1 aromatic carbocycles. The van der Waals surface area contributed by atoms with Gasteiger partial charge in [0, 0.05) is 37.4 Å². The van der Waals surface area contributed by atoms with Crippen LogP contribution in [0.1, 0.15) is 35.8 Å². The molecule has 1 unspecified atom stereocenters. The molecule has 5 heteroatoms. The van der Waals surface area contributed by atoms with E-state index in [4.69, 9.17) is 0 Å². The topological polar surface area (TPSA) is 43.2 Å². The van der Waals surface area contributed by atoms with Gasteiger partial charge in [-0.15, -0.1) is 11.8 Å². The highest BCUT2D eigenvalue weighted by atomic mass is 32.2. The normalized spacial score (nSPS) is 19.9. The van der Waals surface area contributed by atoms with Gasteiger partial charge in [0.15, 0.2) is 0 Å². The Bertz CT molecular complexity index is 806. The first-order chi connectivity index (χ1) is 12.4. The number of pyridine rings is 1. The Labute approximate surface area is 152 Å². The van der Waals surface area contributed by atoms with Gasteiger partial charge in [-0.3, -0.25) is 4.98 Å². The number of rotatable bonds is 3. The minimum Gasteiger partial charge on any atom is -0.371 e. The van der Waals surface area contributed by atoms with Crippen LogP contribution >= 0.6 is 11.8 Å². The van der Waals surface area contributed by atoms with Crippen LogP contribution in [0.2, 0.25) is 0 Å². The molecule has 4 nitrogen and oxygen atoms in total. The summed E-state index contributed by atoms with van der Waals surface area (Å²) in [5.41, 5.74) is 4.05. The van der Waals surface area contributed by atoms with E-state index in [2.05, 4.69) is 44.6 Å². The minimum atomic E-state index is 0.149. The molecular weight excluding hydrogens is 328 g/mol. The van der Waals surface area contributed by atoms with Crippen molar-refractivity contribution in [2.24, 2.45) is 0 Å². The predicted molar refractivity (Wildman–Crippen MR) is 103 cm³/mol. The number of benzene rings is 1. The maximum atomic E-state index is 9.72. The monoisotopic (exact) mass is 348 g/mol. The molecule has 0 saturated carbocycles. The zero-order valence-corrected chi connectivity index (χ0v) is 14.8. The fourth-order valence-electron chi connectivity index (χ4n) is 3.48. The number of thioether (sulfide) groups is 1. The van der Waals surface area contributed by atoms with E-state index >= 15 is 0 Å². The quantitative estimate of drug-likeness (QED) is 0.806. The Morgan fingerprint density at radius 3 is 2.64 bits per heavy atom. The van der Waals surface area contributed by atoms with Gasteiger partial charge in [0.25, 0.3) is 0 Å². The van der Waals surface area contributed by atoms with Gasteiger partial charge in [-0.25, -0.2) is 0 Å². The molecule has 3 heterocycles. The van der Waals surface area contributed by atoms with Crippen molar-refractivity contribution < 1.29 is 0 Å². The van der Waals surface area contributed by atoms with Crippen LogP contribution in [0, 0.1) is 11.3 Å². The molecule has 0 spiro atoms. The summed E-state index contributed by atoms with van der Waals surface area (Å²) in [5, 5.41) is 12.0. The van der Waals surface area contributed by atoms with Crippen molar-refractivity contribution in [1.29, 1.82) is 5.26 Å². The largest absolute Gasteiger partial charge is 0.371 e. The third-order valence-corrected chi connectivity index (χ3v) is 5.81. The fraction of sp³-hybridized carbons (Fsp3) is 0.300. The van der Waals surface area contributed by atoms with Gasteiger partial charge in [-0.1, -0.05) is 0 Å². The summed E-state index contributed by atoms with van der Waals surface area (Å²) in [4.78, 5) is 8.68. The second kappa shape index (κ2) is 7.20. The van der Waals surface area contributed by atoms with E-state index in [1.54, 1.807) is 11.8 Å². The molecular formula is C20H20N4S. The lowest BCUT2D eigenvalue weighted by molar-refractivity contribution is 0.578. The third-order valence-electron chi connectivity index (χ3n) is 4.77. The average Bonchev–Trinajstić information content (AvgIpc) is 3.18. The van der Waals surface area contributed by atoms with Crippen molar-refractivity contribution >= 4 is 23.1 Å². The van der Waals surface area contributed by atoms with Gasteiger partial charge in [-0.05, 0) is 60.6 Å². The van der Waals surface area contributed by atoms with Crippen molar-refractivity contribution in [3.63, 3.8) is 0 Å². The van der Waals surface area contributed by atoms with Crippen molar-refractivity contribution in [1.82, 2.24) is 4.98 Å². The summed E-state index contributed by atoms with van der Waals surface area (Å²) in [5.74, 6) is 0. The first-order valence-corrected chi connectivity index (χ1v) is 9.60. The molecule has 25 heavy (non-hydrogen) atoms. The van der Waals surface area contributed by atoms with Crippen LogP contribution in [0.4, 0.5) is 11.4 Å². The molecule has 2 aliphatic heterocycles. The lowest BCUT2D eigenvalue weighted by atomic mass is 10.1. The van der Waals surface area contributed by atoms with Crippen LogP contribution in [0.15, 0.2) is 54.3 Å². The Morgan fingerprint density at radius 1 is 1.08 bits per heavy atom. The smallest absolute Gasteiger partial charge is 0.109 e. The van der Waals surface area contributed by atoms with Gasteiger partial charge in [-0.2, -0.15) is 5.26 Å². The Hall–Kier alpha value is -2.45. The summed E-state index contributed by atoms with van der Waals surface area (Å²) in [6.07, 6.45) is 9.47. The first-order valence-electron chi connectivity index (χ1n) is 8.66. The Kier molecular flexibility index (Phi) is 4.62. The summed E-state index contributed by atoms with van der Waals surface area (Å²) in [7, 11) is 0. The second-order valence-electron chi connectivity index (χ2n) is 6.32. The first kappa shape index (κ1) is 16.0. The molecule has 2 aromatic rings. The van der Waals surface area contributed by atoms with Gasteiger partial charge in [0.1, 0.15) is 11.4 Å². The summed E-state index contributed by atoms with van der Waals surface area (Å²) < 4.78 is 0. The van der Waals surface area contributed by atoms with Gasteiger partial charge in [0.05, 0.1) is 11.3 Å². The van der Waals surface area contributed by atoms with Crippen LogP contribution in [-0.2, 0) is 0 Å². The number of piperidine rings is 1.